The molecule has 2 amide bonds. The fourth-order valence-electron chi connectivity index (χ4n) is 4.15. The highest BCUT2D eigenvalue weighted by Crippen LogP contribution is 2.17. The molecule has 0 saturated carbocycles. The zero-order valence-corrected chi connectivity index (χ0v) is 21.4. The molecule has 32 heavy (non-hydrogen) atoms. The number of ketones is 1. The maximum Gasteiger partial charge on any atom is 0.227 e. The van der Waals surface area contributed by atoms with Gasteiger partial charge in [-0.2, -0.15) is 0 Å². The fraction of sp³-hybridized carbons (Fsp3) is 0.889. The number of hydrogen-bond donors (Lipinski definition) is 2. The predicted octanol–water partition coefficient (Wildman–Crippen LogP) is 6.61. The molecule has 0 spiro atoms. The van der Waals surface area contributed by atoms with Crippen molar-refractivity contribution in [2.24, 2.45) is 11.7 Å². The van der Waals surface area contributed by atoms with Crippen LogP contribution in [0.3, 0.4) is 0 Å². The standard InChI is InChI=1S/C27H52N2O3/c1-4-6-8-9-10-11-12-13-14-15-16-17-19-21-25(30)29-26(31)22-24(20-18-7-5-2)27(32)23(3)28/h23-24H,4-22,28H2,1-3H3,(H,29,30,31)/t23-,24?/m0/s1. The number of nitrogens with two attached hydrogens (primary N) is 1. The van der Waals surface area contributed by atoms with Crippen LogP contribution in [0.25, 0.3) is 0 Å². The van der Waals surface area contributed by atoms with E-state index in [9.17, 15) is 14.4 Å². The molecule has 0 bridgehead atoms. The summed E-state index contributed by atoms with van der Waals surface area (Å²) in [5, 5.41) is 2.47. The number of unbranched alkanes of at least 4 members (excludes halogenated alkanes) is 14. The molecule has 188 valence electrons. The van der Waals surface area contributed by atoms with Gasteiger partial charge in [0.2, 0.25) is 11.8 Å². The SMILES string of the molecule is CCCCCCCCCCCCCCCC(=O)NC(=O)CC(CCCCC)C(=O)[C@H](C)N. The number of Topliss-reactive ketones (excluding diaryl/α,β-unsaturated/α-hetero) is 1. The molecule has 0 fully saturated rings. The molecule has 0 radical (unpaired) electrons. The van der Waals surface area contributed by atoms with Crippen molar-refractivity contribution in [3.05, 3.63) is 0 Å². The Labute approximate surface area is 198 Å². The Bertz CT molecular complexity index is 491. The summed E-state index contributed by atoms with van der Waals surface area (Å²) >= 11 is 0. The fourth-order valence-corrected chi connectivity index (χ4v) is 4.15. The summed E-state index contributed by atoms with van der Waals surface area (Å²) in [6, 6.07) is -0.573. The summed E-state index contributed by atoms with van der Waals surface area (Å²) in [5.74, 6) is -1.04. The van der Waals surface area contributed by atoms with Crippen LogP contribution in [0.1, 0.15) is 143 Å². The molecule has 0 aliphatic heterocycles. The van der Waals surface area contributed by atoms with Gasteiger partial charge in [-0.05, 0) is 19.8 Å². The van der Waals surface area contributed by atoms with Crippen LogP contribution in [0.15, 0.2) is 0 Å². The molecule has 0 rings (SSSR count). The van der Waals surface area contributed by atoms with Crippen LogP contribution < -0.4 is 11.1 Å². The summed E-state index contributed by atoms with van der Waals surface area (Å²) in [5.41, 5.74) is 5.73. The second kappa shape index (κ2) is 21.6. The molecule has 0 aromatic heterocycles. The molecule has 1 unspecified atom stereocenters. The maximum absolute atomic E-state index is 12.3. The van der Waals surface area contributed by atoms with Gasteiger partial charge in [-0.15, -0.1) is 0 Å². The van der Waals surface area contributed by atoms with Crippen molar-refractivity contribution >= 4 is 17.6 Å². The summed E-state index contributed by atoms with van der Waals surface area (Å²) in [6.07, 6.45) is 20.5. The van der Waals surface area contributed by atoms with Gasteiger partial charge in [0, 0.05) is 18.8 Å². The molecule has 0 aliphatic rings. The minimum atomic E-state index is -0.573. The lowest BCUT2D eigenvalue weighted by Gasteiger charge is -2.17. The Morgan fingerprint density at radius 3 is 1.56 bits per heavy atom. The number of imide groups is 1. The van der Waals surface area contributed by atoms with Crippen LogP contribution in [-0.4, -0.2) is 23.6 Å². The average molecular weight is 453 g/mol. The number of rotatable bonds is 22. The molecule has 5 nitrogen and oxygen atoms in total. The normalized spacial score (nSPS) is 13.0. The smallest absolute Gasteiger partial charge is 0.227 e. The summed E-state index contributed by atoms with van der Waals surface area (Å²) in [6.45, 7) is 6.02. The zero-order chi connectivity index (χ0) is 24.0. The third kappa shape index (κ3) is 18.4. The first-order valence-corrected chi connectivity index (χ1v) is 13.5. The van der Waals surface area contributed by atoms with E-state index in [1.807, 2.05) is 0 Å². The molecule has 5 heteroatoms. The Morgan fingerprint density at radius 2 is 1.09 bits per heavy atom. The van der Waals surface area contributed by atoms with Gasteiger partial charge < -0.3 is 5.73 Å². The highest BCUT2D eigenvalue weighted by atomic mass is 16.2. The van der Waals surface area contributed by atoms with Gasteiger partial charge in [0.15, 0.2) is 5.78 Å². The van der Waals surface area contributed by atoms with Crippen LogP contribution in [0, 0.1) is 5.92 Å². The lowest BCUT2D eigenvalue weighted by atomic mass is 9.90. The van der Waals surface area contributed by atoms with Gasteiger partial charge in [0.05, 0.1) is 6.04 Å². The van der Waals surface area contributed by atoms with E-state index in [-0.39, 0.29) is 29.9 Å². The molecule has 0 saturated heterocycles. The van der Waals surface area contributed by atoms with E-state index >= 15 is 0 Å². The third-order valence-corrected chi connectivity index (χ3v) is 6.23. The van der Waals surface area contributed by atoms with Gasteiger partial charge in [-0.3, -0.25) is 19.7 Å². The van der Waals surface area contributed by atoms with E-state index in [0.29, 0.717) is 12.8 Å². The Morgan fingerprint density at radius 1 is 0.656 bits per heavy atom. The van der Waals surface area contributed by atoms with Crippen molar-refractivity contribution < 1.29 is 14.4 Å². The molecular formula is C27H52N2O3. The topological polar surface area (TPSA) is 89.3 Å². The van der Waals surface area contributed by atoms with Crippen LogP contribution in [0.2, 0.25) is 0 Å². The van der Waals surface area contributed by atoms with Gasteiger partial charge in [0.25, 0.3) is 0 Å². The predicted molar refractivity (Wildman–Crippen MR) is 134 cm³/mol. The van der Waals surface area contributed by atoms with Crippen molar-refractivity contribution in [1.82, 2.24) is 5.32 Å². The summed E-state index contributed by atoms with van der Waals surface area (Å²) < 4.78 is 0. The van der Waals surface area contributed by atoms with Crippen molar-refractivity contribution in [2.75, 3.05) is 0 Å². The maximum atomic E-state index is 12.3. The van der Waals surface area contributed by atoms with Crippen LogP contribution in [0.5, 0.6) is 0 Å². The molecule has 2 atom stereocenters. The summed E-state index contributed by atoms with van der Waals surface area (Å²) in [4.78, 5) is 36.6. The highest BCUT2D eigenvalue weighted by Gasteiger charge is 2.24. The average Bonchev–Trinajstić information content (AvgIpc) is 2.75. The van der Waals surface area contributed by atoms with Gasteiger partial charge in [-0.1, -0.05) is 110 Å². The zero-order valence-electron chi connectivity index (χ0n) is 21.4. The Balaban J connectivity index is 3.80. The highest BCUT2D eigenvalue weighted by molar-refractivity contribution is 5.97. The molecule has 0 aliphatic carbocycles. The van der Waals surface area contributed by atoms with E-state index in [1.54, 1.807) is 6.92 Å². The van der Waals surface area contributed by atoms with E-state index in [1.165, 1.54) is 64.2 Å². The molecule has 3 N–H and O–H groups in total. The molecular weight excluding hydrogens is 400 g/mol. The van der Waals surface area contributed by atoms with Gasteiger partial charge >= 0.3 is 0 Å². The van der Waals surface area contributed by atoms with Gasteiger partial charge in [-0.25, -0.2) is 0 Å². The number of nitrogens with one attached hydrogen (secondary N) is 1. The lowest BCUT2D eigenvalue weighted by molar-refractivity contribution is -0.134. The van der Waals surface area contributed by atoms with Gasteiger partial charge in [0.1, 0.15) is 0 Å². The van der Waals surface area contributed by atoms with E-state index in [0.717, 1.165) is 38.5 Å². The minimum Gasteiger partial charge on any atom is -0.322 e. The quantitative estimate of drug-likeness (QED) is 0.181. The van der Waals surface area contributed by atoms with Crippen LogP contribution in [-0.2, 0) is 14.4 Å². The number of carbonyl (C=O) groups excluding carboxylic acids is 3. The van der Waals surface area contributed by atoms with Crippen molar-refractivity contribution in [3.63, 3.8) is 0 Å². The Hall–Kier alpha value is -1.23. The van der Waals surface area contributed by atoms with E-state index < -0.39 is 6.04 Å². The lowest BCUT2D eigenvalue weighted by Crippen LogP contribution is -2.37. The summed E-state index contributed by atoms with van der Waals surface area (Å²) in [7, 11) is 0. The number of carbonyl (C=O) groups is 3. The first-order valence-electron chi connectivity index (χ1n) is 13.5. The second-order valence-corrected chi connectivity index (χ2v) is 9.55. The Kier molecular flexibility index (Phi) is 20.8. The molecule has 0 heterocycles. The molecule has 0 aromatic carbocycles. The van der Waals surface area contributed by atoms with Crippen LogP contribution in [0.4, 0.5) is 0 Å². The third-order valence-electron chi connectivity index (χ3n) is 6.23. The minimum absolute atomic E-state index is 0.0639. The first-order chi connectivity index (χ1) is 15.4. The van der Waals surface area contributed by atoms with Crippen molar-refractivity contribution in [3.8, 4) is 0 Å². The van der Waals surface area contributed by atoms with Crippen molar-refractivity contribution in [2.45, 2.75) is 149 Å². The largest absolute Gasteiger partial charge is 0.322 e. The first kappa shape index (κ1) is 30.8. The molecule has 0 aromatic rings. The van der Waals surface area contributed by atoms with E-state index in [2.05, 4.69) is 19.2 Å². The monoisotopic (exact) mass is 452 g/mol. The van der Waals surface area contributed by atoms with Crippen LogP contribution >= 0.6 is 0 Å². The van der Waals surface area contributed by atoms with E-state index in [4.69, 9.17) is 5.73 Å². The number of hydrogen-bond acceptors (Lipinski definition) is 4. The number of amides is 2. The second-order valence-electron chi connectivity index (χ2n) is 9.55. The van der Waals surface area contributed by atoms with Crippen molar-refractivity contribution in [1.29, 1.82) is 0 Å².